The van der Waals surface area contributed by atoms with Crippen LogP contribution in [-0.2, 0) is 0 Å². The third-order valence-corrected chi connectivity index (χ3v) is 2.99. The highest BCUT2D eigenvalue weighted by molar-refractivity contribution is 6.33. The fourth-order valence-corrected chi connectivity index (χ4v) is 2.05. The number of imidazole rings is 1. The highest BCUT2D eigenvalue weighted by Crippen LogP contribution is 2.31. The van der Waals surface area contributed by atoms with Crippen LogP contribution in [0, 0.1) is 11.6 Å². The molecule has 3 rings (SSSR count). The van der Waals surface area contributed by atoms with Crippen LogP contribution in [0.15, 0.2) is 36.4 Å². The zero-order chi connectivity index (χ0) is 12.7. The number of rotatable bonds is 1. The lowest BCUT2D eigenvalue weighted by Crippen LogP contribution is -1.92. The van der Waals surface area contributed by atoms with Crippen molar-refractivity contribution in [3.63, 3.8) is 0 Å². The van der Waals surface area contributed by atoms with Crippen molar-refractivity contribution in [2.24, 2.45) is 0 Å². The summed E-state index contributed by atoms with van der Waals surface area (Å²) >= 11 is 5.90. The SMILES string of the molecule is Fc1ccc(Cl)c(-c2nc3ccccc3[nH]2)c1F. The molecule has 0 atom stereocenters. The summed E-state index contributed by atoms with van der Waals surface area (Å²) in [5.41, 5.74) is 1.37. The summed E-state index contributed by atoms with van der Waals surface area (Å²) in [5, 5.41) is 0.118. The molecule has 18 heavy (non-hydrogen) atoms. The van der Waals surface area contributed by atoms with Crippen LogP contribution in [0.3, 0.4) is 0 Å². The molecule has 0 saturated heterocycles. The molecule has 1 heterocycles. The summed E-state index contributed by atoms with van der Waals surface area (Å²) in [6, 6.07) is 9.52. The molecule has 0 unspecified atom stereocenters. The summed E-state index contributed by atoms with van der Waals surface area (Å²) < 4.78 is 27.0. The number of nitrogens with one attached hydrogen (secondary N) is 1. The standard InChI is InChI=1S/C13H7ClF2N2/c14-7-5-6-8(15)12(16)11(7)13-17-9-3-1-2-4-10(9)18-13/h1-6H,(H,17,18). The average molecular weight is 265 g/mol. The third-order valence-electron chi connectivity index (χ3n) is 2.67. The van der Waals surface area contributed by atoms with Gasteiger partial charge < -0.3 is 4.98 Å². The molecule has 0 radical (unpaired) electrons. The van der Waals surface area contributed by atoms with E-state index in [9.17, 15) is 8.78 Å². The van der Waals surface area contributed by atoms with E-state index in [-0.39, 0.29) is 16.4 Å². The predicted molar refractivity (Wildman–Crippen MR) is 66.5 cm³/mol. The minimum Gasteiger partial charge on any atom is -0.338 e. The molecule has 2 nitrogen and oxygen atoms in total. The number of hydrogen-bond donors (Lipinski definition) is 1. The second kappa shape index (κ2) is 4.07. The van der Waals surface area contributed by atoms with Crippen molar-refractivity contribution in [1.82, 2.24) is 9.97 Å². The number of fused-ring (bicyclic) bond motifs is 1. The van der Waals surface area contributed by atoms with Gasteiger partial charge in [-0.05, 0) is 24.3 Å². The number of para-hydroxylation sites is 2. The number of benzene rings is 2. The van der Waals surface area contributed by atoms with Crippen LogP contribution in [0.4, 0.5) is 8.78 Å². The van der Waals surface area contributed by atoms with E-state index >= 15 is 0 Å². The van der Waals surface area contributed by atoms with Gasteiger partial charge in [0.15, 0.2) is 11.6 Å². The number of aromatic nitrogens is 2. The molecular weight excluding hydrogens is 258 g/mol. The Hall–Kier alpha value is -1.94. The van der Waals surface area contributed by atoms with Crippen LogP contribution in [0.25, 0.3) is 22.4 Å². The lowest BCUT2D eigenvalue weighted by molar-refractivity contribution is 0.511. The molecule has 0 aliphatic carbocycles. The van der Waals surface area contributed by atoms with Gasteiger partial charge in [0.05, 0.1) is 21.6 Å². The van der Waals surface area contributed by atoms with Gasteiger partial charge in [0.2, 0.25) is 0 Å². The fourth-order valence-electron chi connectivity index (χ4n) is 1.82. The smallest absolute Gasteiger partial charge is 0.171 e. The van der Waals surface area contributed by atoms with E-state index in [1.54, 1.807) is 12.1 Å². The van der Waals surface area contributed by atoms with E-state index in [0.717, 1.165) is 11.6 Å². The largest absolute Gasteiger partial charge is 0.338 e. The zero-order valence-corrected chi connectivity index (χ0v) is 9.80. The molecule has 0 amide bonds. The maximum atomic E-state index is 13.8. The highest BCUT2D eigenvalue weighted by atomic mass is 35.5. The Morgan fingerprint density at radius 1 is 1.06 bits per heavy atom. The molecule has 1 N–H and O–H groups in total. The first-order chi connectivity index (χ1) is 8.66. The molecular formula is C13H7ClF2N2. The van der Waals surface area contributed by atoms with E-state index in [0.29, 0.717) is 5.52 Å². The number of H-pyrrole nitrogens is 1. The second-order valence-electron chi connectivity index (χ2n) is 3.82. The molecule has 0 saturated carbocycles. The van der Waals surface area contributed by atoms with Gasteiger partial charge in [-0.2, -0.15) is 0 Å². The van der Waals surface area contributed by atoms with Crippen molar-refractivity contribution in [2.45, 2.75) is 0 Å². The Labute approximate surface area is 106 Å². The van der Waals surface area contributed by atoms with E-state index in [2.05, 4.69) is 9.97 Å². The van der Waals surface area contributed by atoms with Crippen molar-refractivity contribution in [3.05, 3.63) is 53.1 Å². The van der Waals surface area contributed by atoms with Crippen LogP contribution < -0.4 is 0 Å². The molecule has 0 bridgehead atoms. The van der Waals surface area contributed by atoms with Gasteiger partial charge in [-0.3, -0.25) is 0 Å². The van der Waals surface area contributed by atoms with Gasteiger partial charge in [0, 0.05) is 0 Å². The van der Waals surface area contributed by atoms with Gasteiger partial charge in [-0.1, -0.05) is 23.7 Å². The van der Waals surface area contributed by atoms with Gasteiger partial charge in [0.25, 0.3) is 0 Å². The summed E-state index contributed by atoms with van der Waals surface area (Å²) in [5.74, 6) is -1.73. The number of nitrogens with zero attached hydrogens (tertiary/aromatic N) is 1. The normalized spacial score (nSPS) is 11.1. The lowest BCUT2D eigenvalue weighted by atomic mass is 10.2. The van der Waals surface area contributed by atoms with Crippen LogP contribution in [0.5, 0.6) is 0 Å². The summed E-state index contributed by atoms with van der Waals surface area (Å²) in [6.45, 7) is 0. The topological polar surface area (TPSA) is 28.7 Å². The minimum atomic E-state index is -0.999. The zero-order valence-electron chi connectivity index (χ0n) is 9.05. The van der Waals surface area contributed by atoms with E-state index < -0.39 is 11.6 Å². The highest BCUT2D eigenvalue weighted by Gasteiger charge is 2.17. The molecule has 1 aromatic heterocycles. The van der Waals surface area contributed by atoms with Gasteiger partial charge in [-0.25, -0.2) is 13.8 Å². The van der Waals surface area contributed by atoms with E-state index in [4.69, 9.17) is 11.6 Å². The van der Waals surface area contributed by atoms with Crippen molar-refractivity contribution >= 4 is 22.6 Å². The number of halogens is 3. The quantitative estimate of drug-likeness (QED) is 0.657. The molecule has 90 valence electrons. The monoisotopic (exact) mass is 264 g/mol. The first kappa shape index (κ1) is 11.2. The Balaban J connectivity index is 2.29. The Morgan fingerprint density at radius 2 is 1.83 bits per heavy atom. The van der Waals surface area contributed by atoms with E-state index in [1.165, 1.54) is 6.07 Å². The van der Waals surface area contributed by atoms with Crippen molar-refractivity contribution in [1.29, 1.82) is 0 Å². The van der Waals surface area contributed by atoms with Crippen molar-refractivity contribution < 1.29 is 8.78 Å². The summed E-state index contributed by atoms with van der Waals surface area (Å²) in [4.78, 5) is 7.12. The third kappa shape index (κ3) is 1.66. The molecule has 5 heteroatoms. The van der Waals surface area contributed by atoms with Gasteiger partial charge in [-0.15, -0.1) is 0 Å². The maximum Gasteiger partial charge on any atom is 0.171 e. The van der Waals surface area contributed by atoms with Crippen LogP contribution >= 0.6 is 11.6 Å². The minimum absolute atomic E-state index is 0.0483. The van der Waals surface area contributed by atoms with Crippen LogP contribution in [0.1, 0.15) is 0 Å². The average Bonchev–Trinajstić information content (AvgIpc) is 2.77. The fraction of sp³-hybridized carbons (Fsp3) is 0. The molecule has 3 aromatic rings. The second-order valence-corrected chi connectivity index (χ2v) is 4.23. The van der Waals surface area contributed by atoms with Crippen molar-refractivity contribution in [2.75, 3.05) is 0 Å². The van der Waals surface area contributed by atoms with Crippen LogP contribution in [-0.4, -0.2) is 9.97 Å². The first-order valence-electron chi connectivity index (χ1n) is 5.25. The Kier molecular flexibility index (Phi) is 2.52. The molecule has 0 spiro atoms. The Morgan fingerprint density at radius 3 is 2.61 bits per heavy atom. The van der Waals surface area contributed by atoms with Gasteiger partial charge in [0.1, 0.15) is 5.82 Å². The molecule has 0 fully saturated rings. The summed E-state index contributed by atoms with van der Waals surface area (Å²) in [7, 11) is 0. The Bertz CT molecular complexity index is 704. The predicted octanol–water partition coefficient (Wildman–Crippen LogP) is 4.16. The number of hydrogen-bond acceptors (Lipinski definition) is 1. The first-order valence-corrected chi connectivity index (χ1v) is 5.63. The van der Waals surface area contributed by atoms with E-state index in [1.807, 2.05) is 12.1 Å². The number of aromatic amines is 1. The maximum absolute atomic E-state index is 13.8. The lowest BCUT2D eigenvalue weighted by Gasteiger charge is -2.02. The van der Waals surface area contributed by atoms with Crippen molar-refractivity contribution in [3.8, 4) is 11.4 Å². The summed E-state index contributed by atoms with van der Waals surface area (Å²) in [6.07, 6.45) is 0. The molecule has 0 aliphatic rings. The molecule has 0 aliphatic heterocycles. The molecule has 2 aromatic carbocycles. The van der Waals surface area contributed by atoms with Crippen LogP contribution in [0.2, 0.25) is 5.02 Å². The van der Waals surface area contributed by atoms with Gasteiger partial charge >= 0.3 is 0 Å².